The number of thioether (sulfide) groups is 1. The maximum Gasteiger partial charge on any atom is 0.191 e. The van der Waals surface area contributed by atoms with Crippen LogP contribution in [0.2, 0.25) is 0 Å². The predicted molar refractivity (Wildman–Crippen MR) is 77.3 cm³/mol. The molecule has 0 aliphatic heterocycles. The zero-order valence-corrected chi connectivity index (χ0v) is 12.3. The van der Waals surface area contributed by atoms with Gasteiger partial charge in [-0.05, 0) is 13.2 Å². The molecule has 0 radical (unpaired) electrons. The van der Waals surface area contributed by atoms with Crippen LogP contribution < -0.4 is 10.6 Å². The third kappa shape index (κ3) is 4.70. The highest BCUT2D eigenvalue weighted by Gasteiger charge is 2.16. The van der Waals surface area contributed by atoms with Crippen LogP contribution in [0.1, 0.15) is 20.8 Å². The largest absolute Gasteiger partial charge is 0.396 e. The Kier molecular flexibility index (Phi) is 5.68. The van der Waals surface area contributed by atoms with Crippen LogP contribution in [0.3, 0.4) is 0 Å². The van der Waals surface area contributed by atoms with Crippen molar-refractivity contribution in [3.05, 3.63) is 6.07 Å². The number of nitrogens with one attached hydrogen (secondary N) is 2. The fourth-order valence-corrected chi connectivity index (χ4v) is 1.64. The summed E-state index contributed by atoms with van der Waals surface area (Å²) in [6.45, 7) is 7.67. The molecule has 0 bridgehead atoms. The number of rotatable bonds is 7. The first-order valence-corrected chi connectivity index (χ1v) is 7.25. The SMILES string of the molecule is CCNc1cc(NCC(C)(C)CO)nc(SC)n1. The van der Waals surface area contributed by atoms with Gasteiger partial charge in [0, 0.05) is 31.2 Å². The van der Waals surface area contributed by atoms with Gasteiger partial charge < -0.3 is 15.7 Å². The minimum atomic E-state index is -0.164. The lowest BCUT2D eigenvalue weighted by atomic mass is 9.95. The highest BCUT2D eigenvalue weighted by molar-refractivity contribution is 7.98. The minimum absolute atomic E-state index is 0.139. The van der Waals surface area contributed by atoms with Gasteiger partial charge in [0.1, 0.15) is 11.6 Å². The van der Waals surface area contributed by atoms with E-state index >= 15 is 0 Å². The van der Waals surface area contributed by atoms with Crippen LogP contribution >= 0.6 is 11.8 Å². The molecule has 3 N–H and O–H groups in total. The molecule has 1 rings (SSSR count). The molecule has 18 heavy (non-hydrogen) atoms. The summed E-state index contributed by atoms with van der Waals surface area (Å²) >= 11 is 1.51. The molecule has 6 heteroatoms. The molecule has 0 unspecified atom stereocenters. The van der Waals surface area contributed by atoms with Gasteiger partial charge in [0.15, 0.2) is 5.16 Å². The van der Waals surface area contributed by atoms with Crippen LogP contribution in [-0.4, -0.2) is 41.0 Å². The van der Waals surface area contributed by atoms with Crippen molar-refractivity contribution in [1.82, 2.24) is 9.97 Å². The van der Waals surface area contributed by atoms with Crippen LogP contribution in [0.25, 0.3) is 0 Å². The van der Waals surface area contributed by atoms with Crippen molar-refractivity contribution in [3.8, 4) is 0 Å². The van der Waals surface area contributed by atoms with E-state index in [1.807, 2.05) is 33.1 Å². The molecule has 5 nitrogen and oxygen atoms in total. The predicted octanol–water partition coefficient (Wildman–Crippen LogP) is 2.06. The quantitative estimate of drug-likeness (QED) is 0.520. The fraction of sp³-hybridized carbons (Fsp3) is 0.667. The molecule has 0 amide bonds. The van der Waals surface area contributed by atoms with Crippen molar-refractivity contribution in [1.29, 1.82) is 0 Å². The van der Waals surface area contributed by atoms with E-state index in [0.29, 0.717) is 6.54 Å². The Balaban J connectivity index is 2.78. The Bertz CT molecular complexity index is 384. The van der Waals surface area contributed by atoms with Gasteiger partial charge in [-0.15, -0.1) is 0 Å². The lowest BCUT2D eigenvalue weighted by Gasteiger charge is -2.22. The molecule has 0 spiro atoms. The van der Waals surface area contributed by atoms with E-state index in [1.165, 1.54) is 11.8 Å². The summed E-state index contributed by atoms with van der Waals surface area (Å²) in [6.07, 6.45) is 1.95. The molecule has 0 saturated heterocycles. The monoisotopic (exact) mass is 270 g/mol. The lowest BCUT2D eigenvalue weighted by molar-refractivity contribution is 0.170. The van der Waals surface area contributed by atoms with E-state index in [9.17, 15) is 5.11 Å². The van der Waals surface area contributed by atoms with E-state index in [0.717, 1.165) is 23.3 Å². The van der Waals surface area contributed by atoms with Gasteiger partial charge >= 0.3 is 0 Å². The Hall–Kier alpha value is -1.01. The number of hydrogen-bond donors (Lipinski definition) is 3. The van der Waals surface area contributed by atoms with Crippen LogP contribution in [-0.2, 0) is 0 Å². The van der Waals surface area contributed by atoms with Gasteiger partial charge in [-0.1, -0.05) is 25.6 Å². The molecule has 0 atom stereocenters. The first kappa shape index (κ1) is 15.0. The Morgan fingerprint density at radius 3 is 2.39 bits per heavy atom. The van der Waals surface area contributed by atoms with Gasteiger partial charge in [-0.2, -0.15) is 0 Å². The second kappa shape index (κ2) is 6.80. The van der Waals surface area contributed by atoms with E-state index in [1.54, 1.807) is 0 Å². The summed E-state index contributed by atoms with van der Waals surface area (Å²) in [5.74, 6) is 1.60. The second-order valence-corrected chi connectivity index (χ2v) is 5.60. The Labute approximate surface area is 113 Å². The normalized spacial score (nSPS) is 11.4. The molecule has 102 valence electrons. The summed E-state index contributed by atoms with van der Waals surface area (Å²) in [5.41, 5.74) is -0.164. The van der Waals surface area contributed by atoms with Crippen molar-refractivity contribution in [2.75, 3.05) is 36.6 Å². The van der Waals surface area contributed by atoms with Crippen molar-refractivity contribution in [2.24, 2.45) is 5.41 Å². The molecule has 0 aromatic carbocycles. The van der Waals surface area contributed by atoms with Crippen molar-refractivity contribution >= 4 is 23.4 Å². The molecule has 1 aromatic heterocycles. The molecule has 0 saturated carbocycles. The van der Waals surface area contributed by atoms with Gasteiger partial charge in [0.05, 0.1) is 0 Å². The number of hydrogen-bond acceptors (Lipinski definition) is 6. The maximum atomic E-state index is 9.22. The van der Waals surface area contributed by atoms with E-state index in [-0.39, 0.29) is 12.0 Å². The molecule has 1 heterocycles. The van der Waals surface area contributed by atoms with Crippen LogP contribution in [0.4, 0.5) is 11.6 Å². The summed E-state index contributed by atoms with van der Waals surface area (Å²) in [7, 11) is 0. The average molecular weight is 270 g/mol. The number of nitrogens with zero attached hydrogens (tertiary/aromatic N) is 2. The number of aromatic nitrogens is 2. The first-order valence-electron chi connectivity index (χ1n) is 6.02. The fourth-order valence-electron chi connectivity index (χ4n) is 1.26. The summed E-state index contributed by atoms with van der Waals surface area (Å²) < 4.78 is 0. The van der Waals surface area contributed by atoms with Crippen LogP contribution in [0.15, 0.2) is 11.2 Å². The average Bonchev–Trinajstić information content (AvgIpc) is 2.37. The third-order valence-electron chi connectivity index (χ3n) is 2.42. The zero-order valence-electron chi connectivity index (χ0n) is 11.4. The van der Waals surface area contributed by atoms with Gasteiger partial charge in [-0.25, -0.2) is 9.97 Å². The number of anilines is 2. The first-order chi connectivity index (χ1) is 8.50. The molecule has 1 aromatic rings. The minimum Gasteiger partial charge on any atom is -0.396 e. The summed E-state index contributed by atoms with van der Waals surface area (Å²) in [4.78, 5) is 8.75. The van der Waals surface area contributed by atoms with Crippen LogP contribution in [0.5, 0.6) is 0 Å². The third-order valence-corrected chi connectivity index (χ3v) is 2.97. The number of aliphatic hydroxyl groups excluding tert-OH is 1. The van der Waals surface area contributed by atoms with E-state index in [4.69, 9.17) is 0 Å². The Morgan fingerprint density at radius 1 is 1.28 bits per heavy atom. The van der Waals surface area contributed by atoms with Gasteiger partial charge in [0.2, 0.25) is 0 Å². The second-order valence-electron chi connectivity index (χ2n) is 4.83. The van der Waals surface area contributed by atoms with Crippen molar-refractivity contribution in [2.45, 2.75) is 25.9 Å². The van der Waals surface area contributed by atoms with Crippen molar-refractivity contribution < 1.29 is 5.11 Å². The standard InChI is InChI=1S/C12H22N4OS/c1-5-13-9-6-10(16-11(15-9)18-4)14-7-12(2,3)8-17/h6,17H,5,7-8H2,1-4H3,(H2,13,14,15,16). The summed E-state index contributed by atoms with van der Waals surface area (Å²) in [5, 5.41) is 16.4. The lowest BCUT2D eigenvalue weighted by Crippen LogP contribution is -2.27. The topological polar surface area (TPSA) is 70.1 Å². The molecular weight excluding hydrogens is 248 g/mol. The van der Waals surface area contributed by atoms with Gasteiger partial charge in [0.25, 0.3) is 0 Å². The van der Waals surface area contributed by atoms with Gasteiger partial charge in [-0.3, -0.25) is 0 Å². The van der Waals surface area contributed by atoms with Crippen LogP contribution in [0, 0.1) is 5.41 Å². The Morgan fingerprint density at radius 2 is 1.89 bits per heavy atom. The van der Waals surface area contributed by atoms with E-state index in [2.05, 4.69) is 20.6 Å². The summed E-state index contributed by atoms with van der Waals surface area (Å²) in [6, 6.07) is 1.89. The molecular formula is C12H22N4OS. The highest BCUT2D eigenvalue weighted by Crippen LogP contribution is 2.19. The van der Waals surface area contributed by atoms with Crippen molar-refractivity contribution in [3.63, 3.8) is 0 Å². The zero-order chi connectivity index (χ0) is 13.6. The maximum absolute atomic E-state index is 9.22. The molecule has 0 aliphatic carbocycles. The van der Waals surface area contributed by atoms with E-state index < -0.39 is 0 Å². The smallest absolute Gasteiger partial charge is 0.191 e. The highest BCUT2D eigenvalue weighted by atomic mass is 32.2. The number of aliphatic hydroxyl groups is 1. The molecule has 0 aliphatic rings. The molecule has 0 fully saturated rings.